The smallest absolute Gasteiger partial charge is 0.274 e. The maximum Gasteiger partial charge on any atom is 0.274 e. The molecule has 0 aromatic carbocycles. The van der Waals surface area contributed by atoms with Gasteiger partial charge >= 0.3 is 0 Å². The molecule has 0 atom stereocenters. The van der Waals surface area contributed by atoms with E-state index in [9.17, 15) is 4.79 Å². The Morgan fingerprint density at radius 3 is 2.67 bits per heavy atom. The molecule has 0 radical (unpaired) electrons. The number of hydrogen-bond acceptors (Lipinski definition) is 5. The van der Waals surface area contributed by atoms with E-state index in [1.807, 2.05) is 11.9 Å². The molecule has 6 nitrogen and oxygen atoms in total. The standard InChI is InChI=1S/C15H25N5O/c1-4-7-16-14-11-17-13(10-18-14)15(21)20(3)12-5-8-19(2)9-6-12/h10-12H,4-9H2,1-3H3,(H,16,18). The summed E-state index contributed by atoms with van der Waals surface area (Å²) in [6.45, 7) is 5.02. The van der Waals surface area contributed by atoms with E-state index >= 15 is 0 Å². The summed E-state index contributed by atoms with van der Waals surface area (Å²) in [4.78, 5) is 25.0. The lowest BCUT2D eigenvalue weighted by molar-refractivity contribution is 0.0653. The molecule has 2 heterocycles. The fraction of sp³-hybridized carbons (Fsp3) is 0.667. The Morgan fingerprint density at radius 2 is 2.10 bits per heavy atom. The van der Waals surface area contributed by atoms with Crippen LogP contribution in [-0.4, -0.2) is 65.4 Å². The van der Waals surface area contributed by atoms with Gasteiger partial charge < -0.3 is 15.1 Å². The Kier molecular flexibility index (Phi) is 5.50. The van der Waals surface area contributed by atoms with Crippen molar-refractivity contribution in [2.24, 2.45) is 0 Å². The molecule has 1 N–H and O–H groups in total. The summed E-state index contributed by atoms with van der Waals surface area (Å²) < 4.78 is 0. The predicted molar refractivity (Wildman–Crippen MR) is 83.4 cm³/mol. The van der Waals surface area contributed by atoms with Gasteiger partial charge in [0, 0.05) is 19.6 Å². The third kappa shape index (κ3) is 4.14. The van der Waals surface area contributed by atoms with Gasteiger partial charge in [0.25, 0.3) is 5.91 Å². The summed E-state index contributed by atoms with van der Waals surface area (Å²) >= 11 is 0. The normalized spacial score (nSPS) is 16.7. The van der Waals surface area contributed by atoms with Crippen molar-refractivity contribution in [2.45, 2.75) is 32.2 Å². The van der Waals surface area contributed by atoms with Crippen molar-refractivity contribution in [1.82, 2.24) is 19.8 Å². The lowest BCUT2D eigenvalue weighted by atomic mass is 10.0. The molecule has 0 aliphatic carbocycles. The van der Waals surface area contributed by atoms with Crippen molar-refractivity contribution >= 4 is 11.7 Å². The quantitative estimate of drug-likeness (QED) is 0.890. The molecular weight excluding hydrogens is 266 g/mol. The Balaban J connectivity index is 1.95. The second kappa shape index (κ2) is 7.36. The first kappa shape index (κ1) is 15.7. The van der Waals surface area contributed by atoms with Crippen LogP contribution in [0.3, 0.4) is 0 Å². The van der Waals surface area contributed by atoms with E-state index in [1.54, 1.807) is 12.4 Å². The van der Waals surface area contributed by atoms with Gasteiger partial charge in [0.1, 0.15) is 11.5 Å². The lowest BCUT2D eigenvalue weighted by Crippen LogP contribution is -2.44. The molecule has 116 valence electrons. The highest BCUT2D eigenvalue weighted by molar-refractivity contribution is 5.92. The van der Waals surface area contributed by atoms with Crippen molar-refractivity contribution in [3.63, 3.8) is 0 Å². The summed E-state index contributed by atoms with van der Waals surface area (Å²) in [5.74, 6) is 0.675. The SMILES string of the molecule is CCCNc1cnc(C(=O)N(C)C2CCN(C)CC2)cn1. The number of carbonyl (C=O) groups excluding carboxylic acids is 1. The number of carbonyl (C=O) groups is 1. The van der Waals surface area contributed by atoms with Gasteiger partial charge in [-0.3, -0.25) is 4.79 Å². The van der Waals surface area contributed by atoms with Crippen molar-refractivity contribution in [1.29, 1.82) is 0 Å². The van der Waals surface area contributed by atoms with Crippen LogP contribution in [0.2, 0.25) is 0 Å². The minimum Gasteiger partial charge on any atom is -0.369 e. The van der Waals surface area contributed by atoms with E-state index in [0.717, 1.165) is 44.7 Å². The molecule has 1 amide bonds. The maximum absolute atomic E-state index is 12.4. The lowest BCUT2D eigenvalue weighted by Gasteiger charge is -2.34. The molecule has 1 aromatic rings. The Labute approximate surface area is 126 Å². The predicted octanol–water partition coefficient (Wildman–Crippen LogP) is 1.46. The molecule has 1 aliphatic rings. The summed E-state index contributed by atoms with van der Waals surface area (Å²) in [6, 6.07) is 0.299. The number of nitrogens with one attached hydrogen (secondary N) is 1. The second-order valence-corrected chi connectivity index (χ2v) is 5.66. The van der Waals surface area contributed by atoms with Crippen LogP contribution in [0.15, 0.2) is 12.4 Å². The van der Waals surface area contributed by atoms with Gasteiger partial charge in [0.2, 0.25) is 0 Å². The highest BCUT2D eigenvalue weighted by atomic mass is 16.2. The van der Waals surface area contributed by atoms with E-state index < -0.39 is 0 Å². The molecule has 1 aliphatic heterocycles. The van der Waals surface area contributed by atoms with Crippen molar-refractivity contribution < 1.29 is 4.79 Å². The summed E-state index contributed by atoms with van der Waals surface area (Å²) in [6.07, 6.45) is 6.25. The van der Waals surface area contributed by atoms with Crippen LogP contribution < -0.4 is 5.32 Å². The van der Waals surface area contributed by atoms with Crippen LogP contribution >= 0.6 is 0 Å². The minimum atomic E-state index is -0.0425. The largest absolute Gasteiger partial charge is 0.369 e. The van der Waals surface area contributed by atoms with E-state index in [-0.39, 0.29) is 5.91 Å². The molecule has 1 saturated heterocycles. The Bertz CT molecular complexity index is 454. The van der Waals surface area contributed by atoms with Crippen LogP contribution in [0.4, 0.5) is 5.82 Å². The topological polar surface area (TPSA) is 61.4 Å². The second-order valence-electron chi connectivity index (χ2n) is 5.66. The molecule has 1 aromatic heterocycles. The monoisotopic (exact) mass is 291 g/mol. The first-order chi connectivity index (χ1) is 10.1. The zero-order valence-corrected chi connectivity index (χ0v) is 13.2. The zero-order chi connectivity index (χ0) is 15.2. The van der Waals surface area contributed by atoms with Gasteiger partial charge in [-0.05, 0) is 39.4 Å². The third-order valence-corrected chi connectivity index (χ3v) is 3.98. The van der Waals surface area contributed by atoms with Crippen LogP contribution in [-0.2, 0) is 0 Å². The van der Waals surface area contributed by atoms with Crippen LogP contribution in [0.25, 0.3) is 0 Å². The highest BCUT2D eigenvalue weighted by Crippen LogP contribution is 2.16. The number of rotatable bonds is 5. The molecule has 0 saturated carbocycles. The fourth-order valence-corrected chi connectivity index (χ4v) is 2.51. The van der Waals surface area contributed by atoms with Crippen LogP contribution in [0.5, 0.6) is 0 Å². The number of aromatic nitrogens is 2. The van der Waals surface area contributed by atoms with E-state index in [1.165, 1.54) is 0 Å². The van der Waals surface area contributed by atoms with Gasteiger partial charge in [-0.15, -0.1) is 0 Å². The number of likely N-dealkylation sites (tertiary alicyclic amines) is 1. The Hall–Kier alpha value is -1.69. The molecular formula is C15H25N5O. The average Bonchev–Trinajstić information content (AvgIpc) is 2.53. The molecule has 1 fully saturated rings. The molecule has 0 spiro atoms. The average molecular weight is 291 g/mol. The van der Waals surface area contributed by atoms with Gasteiger partial charge in [-0.1, -0.05) is 6.92 Å². The van der Waals surface area contributed by atoms with Crippen molar-refractivity contribution in [2.75, 3.05) is 39.0 Å². The van der Waals surface area contributed by atoms with Crippen LogP contribution in [0, 0.1) is 0 Å². The molecule has 0 bridgehead atoms. The zero-order valence-electron chi connectivity index (χ0n) is 13.2. The maximum atomic E-state index is 12.4. The van der Waals surface area contributed by atoms with E-state index in [2.05, 4.69) is 34.2 Å². The van der Waals surface area contributed by atoms with E-state index in [4.69, 9.17) is 0 Å². The molecule has 21 heavy (non-hydrogen) atoms. The van der Waals surface area contributed by atoms with Gasteiger partial charge in [-0.2, -0.15) is 0 Å². The van der Waals surface area contributed by atoms with Crippen molar-refractivity contribution in [3.8, 4) is 0 Å². The minimum absolute atomic E-state index is 0.0425. The number of nitrogens with zero attached hydrogens (tertiary/aromatic N) is 4. The van der Waals surface area contributed by atoms with E-state index in [0.29, 0.717) is 11.7 Å². The third-order valence-electron chi connectivity index (χ3n) is 3.98. The first-order valence-electron chi connectivity index (χ1n) is 7.63. The summed E-state index contributed by atoms with van der Waals surface area (Å²) in [7, 11) is 3.98. The van der Waals surface area contributed by atoms with Gasteiger partial charge in [-0.25, -0.2) is 9.97 Å². The fourth-order valence-electron chi connectivity index (χ4n) is 2.51. The highest BCUT2D eigenvalue weighted by Gasteiger charge is 2.25. The molecule has 6 heteroatoms. The summed E-state index contributed by atoms with van der Waals surface area (Å²) in [5.41, 5.74) is 0.415. The molecule has 2 rings (SSSR count). The Morgan fingerprint density at radius 1 is 1.38 bits per heavy atom. The van der Waals surface area contributed by atoms with Gasteiger partial charge in [0.05, 0.1) is 12.4 Å². The number of piperidine rings is 1. The number of hydrogen-bond donors (Lipinski definition) is 1. The first-order valence-corrected chi connectivity index (χ1v) is 7.63. The van der Waals surface area contributed by atoms with Crippen LogP contribution in [0.1, 0.15) is 36.7 Å². The van der Waals surface area contributed by atoms with Gasteiger partial charge in [0.15, 0.2) is 0 Å². The number of amides is 1. The summed E-state index contributed by atoms with van der Waals surface area (Å²) in [5, 5.41) is 3.15. The number of anilines is 1. The molecule has 0 unspecified atom stereocenters. The van der Waals surface area contributed by atoms with Crippen molar-refractivity contribution in [3.05, 3.63) is 18.1 Å².